The van der Waals surface area contributed by atoms with Gasteiger partial charge in [0, 0.05) is 6.42 Å². The molecular formula is C6H13N2O6P. The van der Waals surface area contributed by atoms with Crippen molar-refractivity contribution in [3.05, 3.63) is 0 Å². The van der Waals surface area contributed by atoms with E-state index in [0.29, 0.717) is 0 Å². The van der Waals surface area contributed by atoms with Crippen LogP contribution in [0.25, 0.3) is 0 Å². The third kappa shape index (κ3) is 8.07. The lowest BCUT2D eigenvalue weighted by Crippen LogP contribution is -2.41. The smallest absolute Gasteiger partial charge is 0.344 e. The molecule has 0 spiro atoms. The molecule has 8 nitrogen and oxygen atoms in total. The molecule has 1 atom stereocenters. The van der Waals surface area contributed by atoms with E-state index in [-0.39, 0.29) is 12.8 Å². The van der Waals surface area contributed by atoms with Gasteiger partial charge in [-0.05, 0) is 6.42 Å². The predicted octanol–water partition coefficient (Wildman–Crippen LogP) is -1.57. The minimum absolute atomic E-state index is 0.0810. The van der Waals surface area contributed by atoms with Crippen molar-refractivity contribution in [1.29, 1.82) is 0 Å². The number of carbonyl (C=O) groups excluding carboxylic acids is 1. The zero-order valence-corrected chi connectivity index (χ0v) is 8.68. The van der Waals surface area contributed by atoms with Crippen molar-refractivity contribution >= 4 is 19.5 Å². The summed E-state index contributed by atoms with van der Waals surface area (Å²) >= 11 is 0. The van der Waals surface area contributed by atoms with Crippen LogP contribution in [0.1, 0.15) is 12.8 Å². The second-order valence-corrected chi connectivity index (χ2v) is 4.55. The summed E-state index contributed by atoms with van der Waals surface area (Å²) in [6.07, 6.45) is -1.15. The van der Waals surface area contributed by atoms with Gasteiger partial charge in [0.05, 0.1) is 6.04 Å². The highest BCUT2D eigenvalue weighted by Gasteiger charge is 2.19. The Morgan fingerprint density at radius 3 is 2.33 bits per heavy atom. The van der Waals surface area contributed by atoms with E-state index >= 15 is 0 Å². The monoisotopic (exact) mass is 240 g/mol. The van der Waals surface area contributed by atoms with E-state index in [1.165, 1.54) is 0 Å². The van der Waals surface area contributed by atoms with Crippen LogP contribution in [0, 0.1) is 0 Å². The highest BCUT2D eigenvalue weighted by molar-refractivity contribution is 7.51. The maximum absolute atomic E-state index is 11.0. The van der Waals surface area contributed by atoms with Gasteiger partial charge in [0.25, 0.3) is 0 Å². The van der Waals surface area contributed by atoms with E-state index in [0.717, 1.165) is 0 Å². The summed E-state index contributed by atoms with van der Waals surface area (Å²) in [5.41, 5.74) is 5.27. The minimum atomic E-state index is -4.30. The van der Waals surface area contributed by atoms with Gasteiger partial charge in [-0.15, -0.1) is 0 Å². The lowest BCUT2D eigenvalue weighted by molar-refractivity contribution is -0.137. The Labute approximate surface area is 85.6 Å². The number of amides is 1. The molecule has 0 bridgehead atoms. The summed E-state index contributed by atoms with van der Waals surface area (Å²) in [4.78, 5) is 38.0. The highest BCUT2D eigenvalue weighted by atomic mass is 31.2. The van der Waals surface area contributed by atoms with Crippen molar-refractivity contribution in [2.75, 3.05) is 6.29 Å². The average molecular weight is 240 g/mol. The summed E-state index contributed by atoms with van der Waals surface area (Å²) in [5.74, 6) is -1.87. The molecule has 9 heteroatoms. The van der Waals surface area contributed by atoms with Gasteiger partial charge >= 0.3 is 13.6 Å². The molecule has 6 N–H and O–H groups in total. The molecule has 0 aliphatic rings. The first kappa shape index (κ1) is 14.1. The lowest BCUT2D eigenvalue weighted by atomic mass is 10.1. The van der Waals surface area contributed by atoms with Crippen LogP contribution in [0.3, 0.4) is 0 Å². The Balaban J connectivity index is 3.89. The van der Waals surface area contributed by atoms with E-state index in [2.05, 4.69) is 0 Å². The maximum atomic E-state index is 11.0. The van der Waals surface area contributed by atoms with Crippen LogP contribution in [0.2, 0.25) is 0 Å². The van der Waals surface area contributed by atoms with Crippen LogP contribution in [0.5, 0.6) is 0 Å². The number of nitrogens with two attached hydrogens (primary N) is 1. The molecule has 0 radical (unpaired) electrons. The van der Waals surface area contributed by atoms with Crippen molar-refractivity contribution in [3.63, 3.8) is 0 Å². The van der Waals surface area contributed by atoms with Gasteiger partial charge < -0.3 is 25.9 Å². The number of carboxylic acid groups (broad SMARTS) is 1. The maximum Gasteiger partial charge on any atom is 0.344 e. The molecule has 0 aliphatic carbocycles. The second kappa shape index (κ2) is 5.82. The third-order valence-electron chi connectivity index (χ3n) is 1.47. The summed E-state index contributed by atoms with van der Waals surface area (Å²) in [6.45, 7) is 0. The minimum Gasteiger partial charge on any atom is -0.481 e. The normalized spacial score (nSPS) is 13.3. The second-order valence-electron chi connectivity index (χ2n) is 2.90. The van der Waals surface area contributed by atoms with E-state index in [1.807, 2.05) is 5.32 Å². The van der Waals surface area contributed by atoms with E-state index in [1.54, 1.807) is 0 Å². The molecule has 0 fully saturated rings. The van der Waals surface area contributed by atoms with Crippen LogP contribution in [-0.4, -0.2) is 39.1 Å². The number of hydrogen-bond donors (Lipinski definition) is 5. The summed E-state index contributed by atoms with van der Waals surface area (Å²) in [7, 11) is -4.30. The first-order valence-corrected chi connectivity index (χ1v) is 5.82. The van der Waals surface area contributed by atoms with Crippen LogP contribution in [0.4, 0.5) is 0 Å². The van der Waals surface area contributed by atoms with Crippen molar-refractivity contribution in [3.8, 4) is 0 Å². The van der Waals surface area contributed by atoms with Crippen molar-refractivity contribution in [2.24, 2.45) is 5.73 Å². The number of aliphatic carboxylic acids is 1. The molecule has 0 aromatic rings. The number of carbonyl (C=O) groups is 2. The standard InChI is InChI=1S/C6H13N2O6P/c7-4(1-2-5(9)10)6(11)8-3-15(12,13)14/h4H,1-3,7H2,(H,8,11)(H,9,10)(H2,12,13,14)/t4-/m1/s1. The van der Waals surface area contributed by atoms with Gasteiger partial charge in [-0.2, -0.15) is 0 Å². The first-order chi connectivity index (χ1) is 6.72. The van der Waals surface area contributed by atoms with E-state index < -0.39 is 31.8 Å². The van der Waals surface area contributed by atoms with Gasteiger partial charge in [0.1, 0.15) is 6.29 Å². The molecule has 0 aromatic heterocycles. The van der Waals surface area contributed by atoms with E-state index in [9.17, 15) is 14.2 Å². The quantitative estimate of drug-likeness (QED) is 0.352. The Morgan fingerprint density at radius 1 is 1.40 bits per heavy atom. The molecular weight excluding hydrogens is 227 g/mol. The summed E-state index contributed by atoms with van der Waals surface area (Å²) < 4.78 is 10.4. The van der Waals surface area contributed by atoms with E-state index in [4.69, 9.17) is 20.6 Å². The topological polar surface area (TPSA) is 150 Å². The molecule has 1 amide bonds. The number of rotatable bonds is 6. The SMILES string of the molecule is N[C@H](CCC(=O)O)C(=O)NCP(=O)(O)O. The fraction of sp³-hybridized carbons (Fsp3) is 0.667. The van der Waals surface area contributed by atoms with Crippen LogP contribution >= 0.6 is 7.60 Å². The molecule has 88 valence electrons. The zero-order chi connectivity index (χ0) is 12.1. The highest BCUT2D eigenvalue weighted by Crippen LogP contribution is 2.31. The Kier molecular flexibility index (Phi) is 5.45. The molecule has 0 rings (SSSR count). The first-order valence-electron chi connectivity index (χ1n) is 4.02. The van der Waals surface area contributed by atoms with Gasteiger partial charge in [-0.3, -0.25) is 14.2 Å². The fourth-order valence-electron chi connectivity index (χ4n) is 0.722. The Morgan fingerprint density at radius 2 is 1.93 bits per heavy atom. The molecule has 0 saturated carbocycles. The van der Waals surface area contributed by atoms with Gasteiger partial charge in [-0.1, -0.05) is 0 Å². The summed E-state index contributed by atoms with van der Waals surface area (Å²) in [6, 6.07) is -1.08. The van der Waals surface area contributed by atoms with Gasteiger partial charge in [0.15, 0.2) is 0 Å². The molecule has 15 heavy (non-hydrogen) atoms. The van der Waals surface area contributed by atoms with Gasteiger partial charge in [-0.25, -0.2) is 0 Å². The average Bonchev–Trinajstić information content (AvgIpc) is 2.08. The molecule has 0 aromatic carbocycles. The van der Waals surface area contributed by atoms with Crippen molar-refractivity contribution < 1.29 is 29.0 Å². The fourth-order valence-corrected chi connectivity index (χ4v) is 1.08. The predicted molar refractivity (Wildman–Crippen MR) is 49.9 cm³/mol. The molecule has 0 saturated heterocycles. The van der Waals surface area contributed by atoms with Crippen LogP contribution < -0.4 is 11.1 Å². The summed E-state index contributed by atoms with van der Waals surface area (Å²) in [5, 5.41) is 10.2. The van der Waals surface area contributed by atoms with Crippen LogP contribution in [0.15, 0.2) is 0 Å². The molecule has 0 heterocycles. The third-order valence-corrected chi connectivity index (χ3v) is 2.04. The number of nitrogens with one attached hydrogen (secondary N) is 1. The zero-order valence-electron chi connectivity index (χ0n) is 7.79. The Bertz CT molecular complexity index is 287. The van der Waals surface area contributed by atoms with Gasteiger partial charge in [0.2, 0.25) is 5.91 Å². The van der Waals surface area contributed by atoms with Crippen molar-refractivity contribution in [1.82, 2.24) is 5.32 Å². The molecule has 0 unspecified atom stereocenters. The number of hydrogen-bond acceptors (Lipinski definition) is 4. The van der Waals surface area contributed by atoms with Crippen LogP contribution in [-0.2, 0) is 14.2 Å². The van der Waals surface area contributed by atoms with Crippen molar-refractivity contribution in [2.45, 2.75) is 18.9 Å². The molecule has 0 aliphatic heterocycles. The largest absolute Gasteiger partial charge is 0.481 e. The Hall–Kier alpha value is -0.950. The lowest BCUT2D eigenvalue weighted by Gasteiger charge is -2.11. The number of carboxylic acids is 1.